The number of carbonyl (C=O) groups excluding carboxylic acids is 1. The van der Waals surface area contributed by atoms with Gasteiger partial charge in [0, 0.05) is 13.2 Å². The number of rotatable bonds is 6. The highest BCUT2D eigenvalue weighted by atomic mass is 16.2. The maximum absolute atomic E-state index is 12.3. The van der Waals surface area contributed by atoms with Crippen LogP contribution < -0.4 is 5.32 Å². The van der Waals surface area contributed by atoms with Gasteiger partial charge in [0.2, 0.25) is 5.91 Å². The van der Waals surface area contributed by atoms with Crippen molar-refractivity contribution in [3.8, 4) is 0 Å². The van der Waals surface area contributed by atoms with E-state index in [4.69, 9.17) is 5.11 Å². The molecule has 0 spiro atoms. The Morgan fingerprint density at radius 3 is 2.50 bits per heavy atom. The van der Waals surface area contributed by atoms with Crippen LogP contribution in [-0.4, -0.2) is 24.2 Å². The summed E-state index contributed by atoms with van der Waals surface area (Å²) in [5.41, 5.74) is 0.844. The van der Waals surface area contributed by atoms with E-state index in [1.54, 1.807) is 0 Å². The van der Waals surface area contributed by atoms with Crippen LogP contribution in [0.3, 0.4) is 0 Å². The third-order valence-electron chi connectivity index (χ3n) is 3.84. The summed E-state index contributed by atoms with van der Waals surface area (Å²) in [6, 6.07) is 10.1. The molecule has 2 rings (SSSR count). The molecule has 1 aliphatic carbocycles. The van der Waals surface area contributed by atoms with Crippen LogP contribution in [0.25, 0.3) is 0 Å². The fraction of sp³-hybridized carbons (Fsp3) is 0.533. The Morgan fingerprint density at radius 2 is 1.94 bits per heavy atom. The van der Waals surface area contributed by atoms with Crippen LogP contribution in [0.2, 0.25) is 0 Å². The number of benzene rings is 1. The van der Waals surface area contributed by atoms with E-state index in [2.05, 4.69) is 5.32 Å². The molecule has 0 unspecified atom stereocenters. The third kappa shape index (κ3) is 2.56. The summed E-state index contributed by atoms with van der Waals surface area (Å²) in [5.74, 6) is 0.151. The SMILES string of the molecule is O=C(NCCCCO)C1(c2ccccc2)CCC1. The predicted octanol–water partition coefficient (Wildman–Crippen LogP) is 2.00. The Kier molecular flexibility index (Phi) is 4.37. The minimum Gasteiger partial charge on any atom is -0.396 e. The lowest BCUT2D eigenvalue weighted by atomic mass is 9.64. The maximum Gasteiger partial charge on any atom is 0.230 e. The predicted molar refractivity (Wildman–Crippen MR) is 71.3 cm³/mol. The van der Waals surface area contributed by atoms with Crippen molar-refractivity contribution in [3.63, 3.8) is 0 Å². The largest absolute Gasteiger partial charge is 0.396 e. The van der Waals surface area contributed by atoms with Crippen LogP contribution >= 0.6 is 0 Å². The lowest BCUT2D eigenvalue weighted by molar-refractivity contribution is -0.129. The normalized spacial score (nSPS) is 16.9. The molecule has 0 saturated heterocycles. The van der Waals surface area contributed by atoms with Crippen LogP contribution in [0.4, 0.5) is 0 Å². The van der Waals surface area contributed by atoms with Crippen molar-refractivity contribution < 1.29 is 9.90 Å². The van der Waals surface area contributed by atoms with Crippen molar-refractivity contribution in [3.05, 3.63) is 35.9 Å². The summed E-state index contributed by atoms with van der Waals surface area (Å²) in [4.78, 5) is 12.3. The summed E-state index contributed by atoms with van der Waals surface area (Å²) in [6.07, 6.45) is 4.61. The highest BCUT2D eigenvalue weighted by Crippen LogP contribution is 2.43. The van der Waals surface area contributed by atoms with E-state index in [9.17, 15) is 4.79 Å². The van der Waals surface area contributed by atoms with Gasteiger partial charge in [0.05, 0.1) is 5.41 Å². The van der Waals surface area contributed by atoms with Gasteiger partial charge in [-0.05, 0) is 31.2 Å². The average Bonchev–Trinajstić information content (AvgIpc) is 2.35. The van der Waals surface area contributed by atoms with Crippen LogP contribution in [0.1, 0.15) is 37.7 Å². The molecule has 3 nitrogen and oxygen atoms in total. The molecule has 1 aromatic carbocycles. The Bertz CT molecular complexity index is 385. The zero-order valence-electron chi connectivity index (χ0n) is 10.7. The van der Waals surface area contributed by atoms with Gasteiger partial charge in [-0.2, -0.15) is 0 Å². The van der Waals surface area contributed by atoms with Crippen LogP contribution in [0.5, 0.6) is 0 Å². The van der Waals surface area contributed by atoms with Crippen molar-refractivity contribution in [2.24, 2.45) is 0 Å². The Labute approximate surface area is 108 Å². The van der Waals surface area contributed by atoms with Gasteiger partial charge in [-0.3, -0.25) is 4.79 Å². The number of hydrogen-bond donors (Lipinski definition) is 2. The topological polar surface area (TPSA) is 49.3 Å². The van der Waals surface area contributed by atoms with E-state index < -0.39 is 0 Å². The van der Waals surface area contributed by atoms with Crippen molar-refractivity contribution in [1.29, 1.82) is 0 Å². The second kappa shape index (κ2) is 6.01. The van der Waals surface area contributed by atoms with E-state index in [0.29, 0.717) is 6.54 Å². The molecule has 0 aliphatic heterocycles. The summed E-state index contributed by atoms with van der Waals surface area (Å²) in [7, 11) is 0. The Morgan fingerprint density at radius 1 is 1.22 bits per heavy atom. The molecule has 0 atom stereocenters. The zero-order chi connectivity index (χ0) is 12.8. The molecule has 1 amide bonds. The quantitative estimate of drug-likeness (QED) is 0.755. The van der Waals surface area contributed by atoms with Crippen molar-refractivity contribution in [2.75, 3.05) is 13.2 Å². The number of nitrogens with one attached hydrogen (secondary N) is 1. The molecule has 0 bridgehead atoms. The van der Waals surface area contributed by atoms with Gasteiger partial charge in [-0.1, -0.05) is 36.8 Å². The molecule has 1 saturated carbocycles. The molecule has 0 aromatic heterocycles. The first-order valence-corrected chi connectivity index (χ1v) is 6.74. The number of unbranched alkanes of at least 4 members (excludes halogenated alkanes) is 1. The highest BCUT2D eigenvalue weighted by Gasteiger charge is 2.45. The fourth-order valence-electron chi connectivity index (χ4n) is 2.54. The van der Waals surface area contributed by atoms with Gasteiger partial charge >= 0.3 is 0 Å². The monoisotopic (exact) mass is 247 g/mol. The first-order valence-electron chi connectivity index (χ1n) is 6.74. The second-order valence-corrected chi connectivity index (χ2v) is 4.99. The molecule has 18 heavy (non-hydrogen) atoms. The molecule has 3 heteroatoms. The summed E-state index contributed by atoms with van der Waals surface area (Å²) < 4.78 is 0. The van der Waals surface area contributed by atoms with Crippen molar-refractivity contribution in [1.82, 2.24) is 5.32 Å². The molecule has 1 aliphatic rings. The summed E-state index contributed by atoms with van der Waals surface area (Å²) in [6.45, 7) is 0.855. The standard InChI is InChI=1S/C15H21NO2/c17-12-5-4-11-16-14(18)15(9-6-10-15)13-7-2-1-3-8-13/h1-3,7-8,17H,4-6,9-12H2,(H,16,18). The lowest BCUT2D eigenvalue weighted by Gasteiger charge is -2.40. The van der Waals surface area contributed by atoms with E-state index in [0.717, 1.165) is 37.7 Å². The first kappa shape index (κ1) is 13.1. The molecular formula is C15H21NO2. The Balaban J connectivity index is 1.98. The van der Waals surface area contributed by atoms with E-state index >= 15 is 0 Å². The average molecular weight is 247 g/mol. The third-order valence-corrected chi connectivity index (χ3v) is 3.84. The number of hydrogen-bond acceptors (Lipinski definition) is 2. The lowest BCUT2D eigenvalue weighted by Crippen LogP contribution is -2.49. The second-order valence-electron chi connectivity index (χ2n) is 4.99. The number of aliphatic hydroxyl groups excluding tert-OH is 1. The Hall–Kier alpha value is -1.35. The van der Waals surface area contributed by atoms with Gasteiger partial charge in [0.15, 0.2) is 0 Å². The van der Waals surface area contributed by atoms with Gasteiger partial charge in [-0.25, -0.2) is 0 Å². The minimum absolute atomic E-state index is 0.151. The summed E-state index contributed by atoms with van der Waals surface area (Å²) >= 11 is 0. The smallest absolute Gasteiger partial charge is 0.230 e. The molecule has 2 N–H and O–H groups in total. The van der Waals surface area contributed by atoms with Crippen LogP contribution in [0.15, 0.2) is 30.3 Å². The zero-order valence-corrected chi connectivity index (χ0v) is 10.7. The fourth-order valence-corrected chi connectivity index (χ4v) is 2.54. The molecule has 1 aromatic rings. The highest BCUT2D eigenvalue weighted by molar-refractivity contribution is 5.89. The number of carbonyl (C=O) groups is 1. The first-order chi connectivity index (χ1) is 8.79. The minimum atomic E-state index is -0.291. The molecule has 0 heterocycles. The van der Waals surface area contributed by atoms with Crippen molar-refractivity contribution in [2.45, 2.75) is 37.5 Å². The van der Waals surface area contributed by atoms with Gasteiger partial charge in [-0.15, -0.1) is 0 Å². The number of aliphatic hydroxyl groups is 1. The van der Waals surface area contributed by atoms with Gasteiger partial charge in [0.25, 0.3) is 0 Å². The van der Waals surface area contributed by atoms with E-state index in [1.165, 1.54) is 0 Å². The maximum atomic E-state index is 12.3. The molecule has 1 fully saturated rings. The molecular weight excluding hydrogens is 226 g/mol. The van der Waals surface area contributed by atoms with Crippen LogP contribution in [0, 0.1) is 0 Å². The number of amides is 1. The van der Waals surface area contributed by atoms with Crippen molar-refractivity contribution >= 4 is 5.91 Å². The van der Waals surface area contributed by atoms with Gasteiger partial charge in [0.1, 0.15) is 0 Å². The molecule has 98 valence electrons. The summed E-state index contributed by atoms with van der Waals surface area (Å²) in [5, 5.41) is 11.7. The van der Waals surface area contributed by atoms with E-state index in [-0.39, 0.29) is 17.9 Å². The molecule has 0 radical (unpaired) electrons. The van der Waals surface area contributed by atoms with Crippen LogP contribution in [-0.2, 0) is 10.2 Å². The van der Waals surface area contributed by atoms with Gasteiger partial charge < -0.3 is 10.4 Å². The van der Waals surface area contributed by atoms with E-state index in [1.807, 2.05) is 30.3 Å².